The summed E-state index contributed by atoms with van der Waals surface area (Å²) in [7, 11) is 3.51. The maximum absolute atomic E-state index is 12.5. The highest BCUT2D eigenvalue weighted by molar-refractivity contribution is 7.22. The van der Waals surface area contributed by atoms with Crippen molar-refractivity contribution in [3.63, 3.8) is 0 Å². The predicted molar refractivity (Wildman–Crippen MR) is 109 cm³/mol. The van der Waals surface area contributed by atoms with Crippen LogP contribution in [0.1, 0.15) is 6.92 Å². The number of amides is 1. The summed E-state index contributed by atoms with van der Waals surface area (Å²) in [5.74, 6) is 1.30. The molecule has 0 saturated heterocycles. The van der Waals surface area contributed by atoms with E-state index in [2.05, 4.69) is 10.3 Å². The van der Waals surface area contributed by atoms with Gasteiger partial charge in [-0.2, -0.15) is 0 Å². The molecule has 1 heterocycles. The Kier molecular flexibility index (Phi) is 6.26. The summed E-state index contributed by atoms with van der Waals surface area (Å²) in [6.45, 7) is 2.92. The fourth-order valence-corrected chi connectivity index (χ4v) is 3.44. The topological polar surface area (TPSA) is 63.7 Å². The molecule has 0 spiro atoms. The third-order valence-electron chi connectivity index (χ3n) is 4.34. The molecule has 0 aliphatic heterocycles. The zero-order chi connectivity index (χ0) is 19.2. The molecule has 1 unspecified atom stereocenters. The minimum atomic E-state index is -0.307. The number of carbonyl (C=O) groups excluding carboxylic acids is 1. The lowest BCUT2D eigenvalue weighted by molar-refractivity contribution is -0.120. The Morgan fingerprint density at radius 3 is 2.63 bits per heavy atom. The summed E-state index contributed by atoms with van der Waals surface area (Å²) in [6.07, 6.45) is 0. The number of thiazole rings is 1. The lowest BCUT2D eigenvalue weighted by atomic mass is 10.3. The third-order valence-corrected chi connectivity index (χ3v) is 5.29. The molecule has 3 aromatic rings. The summed E-state index contributed by atoms with van der Waals surface area (Å²) in [4.78, 5) is 18.9. The number of hydrogen-bond donors (Lipinski definition) is 1. The molecule has 1 amide bonds. The molecule has 6 nitrogen and oxygen atoms in total. The number of fused-ring (bicyclic) bond motifs is 1. The van der Waals surface area contributed by atoms with Crippen LogP contribution in [0.5, 0.6) is 11.5 Å². The van der Waals surface area contributed by atoms with Crippen molar-refractivity contribution in [2.75, 3.05) is 32.6 Å². The molecule has 1 atom stereocenters. The number of para-hydroxylation sites is 3. The lowest BCUT2D eigenvalue weighted by Gasteiger charge is -2.23. The largest absolute Gasteiger partial charge is 0.493 e. The van der Waals surface area contributed by atoms with Crippen LogP contribution >= 0.6 is 11.3 Å². The molecule has 0 bridgehead atoms. The van der Waals surface area contributed by atoms with Gasteiger partial charge in [-0.15, -0.1) is 0 Å². The summed E-state index contributed by atoms with van der Waals surface area (Å²) < 4.78 is 12.1. The minimum absolute atomic E-state index is 0.0890. The van der Waals surface area contributed by atoms with Crippen LogP contribution < -0.4 is 14.8 Å². The van der Waals surface area contributed by atoms with Crippen molar-refractivity contribution in [2.45, 2.75) is 13.0 Å². The Morgan fingerprint density at radius 1 is 1.19 bits per heavy atom. The zero-order valence-electron chi connectivity index (χ0n) is 15.6. The van der Waals surface area contributed by atoms with E-state index in [0.29, 0.717) is 29.8 Å². The second kappa shape index (κ2) is 8.83. The van der Waals surface area contributed by atoms with Gasteiger partial charge in [-0.25, -0.2) is 4.98 Å². The summed E-state index contributed by atoms with van der Waals surface area (Å²) in [6, 6.07) is 15.0. The highest BCUT2D eigenvalue weighted by atomic mass is 32.1. The number of benzene rings is 2. The Balaban J connectivity index is 1.51. The fourth-order valence-electron chi connectivity index (χ4n) is 2.57. The van der Waals surface area contributed by atoms with E-state index in [1.54, 1.807) is 7.11 Å². The average molecular weight is 385 g/mol. The summed E-state index contributed by atoms with van der Waals surface area (Å²) in [5, 5.41) is 3.52. The molecule has 0 aliphatic rings. The standard InChI is InChI=1S/C20H23N3O3S/c1-14(19(24)22-20-21-15-8-4-7-11-18(15)27-20)23(2)12-13-26-17-10-6-5-9-16(17)25-3/h4-11,14H,12-13H2,1-3H3,(H,21,22,24). The second-order valence-electron chi connectivity index (χ2n) is 6.13. The molecule has 0 saturated carbocycles. The number of anilines is 1. The molecule has 0 aliphatic carbocycles. The van der Waals surface area contributed by atoms with E-state index in [0.717, 1.165) is 10.2 Å². The van der Waals surface area contributed by atoms with E-state index in [1.807, 2.05) is 67.4 Å². The number of likely N-dealkylation sites (N-methyl/N-ethyl adjacent to an activating group) is 1. The fraction of sp³-hybridized carbons (Fsp3) is 0.300. The van der Waals surface area contributed by atoms with Gasteiger partial charge in [-0.3, -0.25) is 9.69 Å². The molecule has 7 heteroatoms. The van der Waals surface area contributed by atoms with E-state index in [9.17, 15) is 4.79 Å². The van der Waals surface area contributed by atoms with E-state index in [-0.39, 0.29) is 11.9 Å². The Bertz CT molecular complexity index is 879. The van der Waals surface area contributed by atoms with Crippen LogP contribution in [0.2, 0.25) is 0 Å². The first-order chi connectivity index (χ1) is 13.1. The van der Waals surface area contributed by atoms with Crippen molar-refractivity contribution in [1.82, 2.24) is 9.88 Å². The van der Waals surface area contributed by atoms with Crippen LogP contribution in [0.4, 0.5) is 5.13 Å². The Labute approximate surface area is 162 Å². The predicted octanol–water partition coefficient (Wildman–Crippen LogP) is 3.64. The van der Waals surface area contributed by atoms with Crippen molar-refractivity contribution in [3.8, 4) is 11.5 Å². The number of rotatable bonds is 8. The van der Waals surface area contributed by atoms with Crippen molar-refractivity contribution in [2.24, 2.45) is 0 Å². The Hall–Kier alpha value is -2.64. The second-order valence-corrected chi connectivity index (χ2v) is 7.16. The van der Waals surface area contributed by atoms with Crippen LogP contribution in [-0.4, -0.2) is 49.1 Å². The first-order valence-electron chi connectivity index (χ1n) is 8.71. The lowest BCUT2D eigenvalue weighted by Crippen LogP contribution is -2.41. The molecular formula is C20H23N3O3S. The SMILES string of the molecule is COc1ccccc1OCCN(C)C(C)C(=O)Nc1nc2ccccc2s1. The number of nitrogens with one attached hydrogen (secondary N) is 1. The van der Waals surface area contributed by atoms with Crippen LogP contribution in [0.3, 0.4) is 0 Å². The van der Waals surface area contributed by atoms with Crippen molar-refractivity contribution in [1.29, 1.82) is 0 Å². The molecule has 0 radical (unpaired) electrons. The maximum atomic E-state index is 12.5. The number of hydrogen-bond acceptors (Lipinski definition) is 6. The van der Waals surface area contributed by atoms with Gasteiger partial charge in [0.25, 0.3) is 0 Å². The van der Waals surface area contributed by atoms with E-state index in [4.69, 9.17) is 9.47 Å². The van der Waals surface area contributed by atoms with Crippen LogP contribution in [0.25, 0.3) is 10.2 Å². The molecule has 2 aromatic carbocycles. The van der Waals surface area contributed by atoms with Crippen molar-refractivity contribution in [3.05, 3.63) is 48.5 Å². The van der Waals surface area contributed by atoms with E-state index >= 15 is 0 Å². The van der Waals surface area contributed by atoms with Gasteiger partial charge in [-0.1, -0.05) is 35.6 Å². The number of methoxy groups -OCH3 is 1. The summed E-state index contributed by atoms with van der Waals surface area (Å²) in [5.41, 5.74) is 0.893. The van der Waals surface area contributed by atoms with Crippen molar-refractivity contribution >= 4 is 32.6 Å². The van der Waals surface area contributed by atoms with Gasteiger partial charge in [0.15, 0.2) is 16.6 Å². The van der Waals surface area contributed by atoms with Gasteiger partial charge >= 0.3 is 0 Å². The molecular weight excluding hydrogens is 362 g/mol. The van der Waals surface area contributed by atoms with Gasteiger partial charge in [0.1, 0.15) is 6.61 Å². The maximum Gasteiger partial charge on any atom is 0.243 e. The van der Waals surface area contributed by atoms with E-state index in [1.165, 1.54) is 11.3 Å². The van der Waals surface area contributed by atoms with E-state index < -0.39 is 0 Å². The number of aromatic nitrogens is 1. The Morgan fingerprint density at radius 2 is 1.89 bits per heavy atom. The van der Waals surface area contributed by atoms with Crippen LogP contribution in [0.15, 0.2) is 48.5 Å². The number of ether oxygens (including phenoxy) is 2. The number of nitrogens with zero attached hydrogens (tertiary/aromatic N) is 2. The monoisotopic (exact) mass is 385 g/mol. The quantitative estimate of drug-likeness (QED) is 0.641. The molecule has 1 N–H and O–H groups in total. The first kappa shape index (κ1) is 19.1. The van der Waals surface area contributed by atoms with Gasteiger partial charge < -0.3 is 14.8 Å². The molecule has 1 aromatic heterocycles. The van der Waals surface area contributed by atoms with Crippen LogP contribution in [0, 0.1) is 0 Å². The smallest absolute Gasteiger partial charge is 0.243 e. The summed E-state index contributed by atoms with van der Waals surface area (Å²) >= 11 is 1.47. The third kappa shape index (κ3) is 4.75. The number of carbonyl (C=O) groups is 1. The van der Waals surface area contributed by atoms with Crippen LogP contribution in [-0.2, 0) is 4.79 Å². The van der Waals surface area contributed by atoms with Gasteiger partial charge in [0.05, 0.1) is 23.4 Å². The van der Waals surface area contributed by atoms with Gasteiger partial charge in [0.2, 0.25) is 5.91 Å². The molecule has 3 rings (SSSR count). The zero-order valence-corrected chi connectivity index (χ0v) is 16.5. The van der Waals surface area contributed by atoms with Gasteiger partial charge in [-0.05, 0) is 38.2 Å². The highest BCUT2D eigenvalue weighted by Crippen LogP contribution is 2.26. The van der Waals surface area contributed by atoms with Gasteiger partial charge in [0, 0.05) is 6.54 Å². The first-order valence-corrected chi connectivity index (χ1v) is 9.52. The molecule has 27 heavy (non-hydrogen) atoms. The molecule has 142 valence electrons. The minimum Gasteiger partial charge on any atom is -0.493 e. The van der Waals surface area contributed by atoms with Crippen molar-refractivity contribution < 1.29 is 14.3 Å². The highest BCUT2D eigenvalue weighted by Gasteiger charge is 2.19. The normalized spacial score (nSPS) is 12.1. The average Bonchev–Trinajstić information content (AvgIpc) is 3.09. The molecule has 0 fully saturated rings.